The Bertz CT molecular complexity index is 1050. The number of phosphoric ester groups is 1. The van der Waals surface area contributed by atoms with Crippen LogP contribution in [-0.2, 0) is 41.9 Å². The van der Waals surface area contributed by atoms with Crippen molar-refractivity contribution in [2.24, 2.45) is 0 Å². The monoisotopic (exact) mass is 1000 g/mol. The van der Waals surface area contributed by atoms with Crippen molar-refractivity contribution in [2.45, 2.75) is 310 Å². The van der Waals surface area contributed by atoms with Crippen LogP contribution in [0.2, 0.25) is 0 Å². The Morgan fingerprint density at radius 2 is 0.696 bits per heavy atom. The molecule has 0 atom stereocenters. The maximum Gasteiger partial charge on any atom is 0.474 e. The highest BCUT2D eigenvalue weighted by Crippen LogP contribution is 2.50. The molecule has 0 aromatic heterocycles. The van der Waals surface area contributed by atoms with Crippen molar-refractivity contribution in [1.29, 1.82) is 0 Å². The molecule has 1 heterocycles. The highest BCUT2D eigenvalue weighted by Gasteiger charge is 2.26. The second kappa shape index (κ2) is 50.5. The first-order valence-corrected chi connectivity index (χ1v) is 31.5. The van der Waals surface area contributed by atoms with E-state index in [1.54, 1.807) is 0 Å². The predicted octanol–water partition coefficient (Wildman–Crippen LogP) is 17.8. The molecule has 0 unspecified atom stereocenters. The number of hydrogen-bond donors (Lipinski definition) is 0. The molecule has 0 N–H and O–H groups in total. The lowest BCUT2D eigenvalue weighted by atomic mass is 10.0. The predicted molar refractivity (Wildman–Crippen MR) is 289 cm³/mol. The van der Waals surface area contributed by atoms with Crippen LogP contribution >= 0.6 is 7.82 Å². The molecule has 410 valence electrons. The molecule has 0 amide bonds. The Labute approximate surface area is 427 Å². The molecule has 11 heteroatoms. The molecule has 1 aliphatic heterocycles. The fourth-order valence-electron chi connectivity index (χ4n) is 9.33. The van der Waals surface area contributed by atoms with Gasteiger partial charge in [0.15, 0.2) is 0 Å². The van der Waals surface area contributed by atoms with Crippen molar-refractivity contribution in [3.63, 3.8) is 0 Å². The van der Waals surface area contributed by atoms with E-state index in [9.17, 15) is 14.2 Å². The van der Waals surface area contributed by atoms with Gasteiger partial charge < -0.3 is 14.2 Å². The molecule has 1 saturated heterocycles. The summed E-state index contributed by atoms with van der Waals surface area (Å²) in [4.78, 5) is 28.1. The van der Waals surface area contributed by atoms with Crippen LogP contribution in [0, 0.1) is 0 Å². The summed E-state index contributed by atoms with van der Waals surface area (Å²) < 4.78 is 49.0. The van der Waals surface area contributed by atoms with Gasteiger partial charge in [0.05, 0.1) is 33.0 Å². The maximum atomic E-state index is 13.8. The average Bonchev–Trinajstić information content (AvgIpc) is 3.35. The second-order valence-electron chi connectivity index (χ2n) is 20.6. The number of carbonyl (C=O) groups is 2. The number of unbranched alkanes of at least 4 members (excludes halogenated alkanes) is 29. The number of esters is 2. The van der Waals surface area contributed by atoms with Gasteiger partial charge >= 0.3 is 19.8 Å². The topological polar surface area (TPSA) is 110 Å². The van der Waals surface area contributed by atoms with Gasteiger partial charge in [-0.15, -0.1) is 0 Å². The van der Waals surface area contributed by atoms with Crippen LogP contribution in [-0.4, -0.2) is 81.7 Å². The van der Waals surface area contributed by atoms with E-state index >= 15 is 0 Å². The number of carbonyl (C=O) groups excluding carboxylic acids is 2. The lowest BCUT2D eigenvalue weighted by Crippen LogP contribution is -2.36. The highest BCUT2D eigenvalue weighted by molar-refractivity contribution is 7.48. The molecule has 1 fully saturated rings. The van der Waals surface area contributed by atoms with Crippen LogP contribution in [0.4, 0.5) is 0 Å². The van der Waals surface area contributed by atoms with E-state index in [4.69, 9.17) is 27.8 Å². The summed E-state index contributed by atoms with van der Waals surface area (Å²) in [6, 6.07) is 0. The number of hydrogen-bond acceptors (Lipinski definition) is 10. The zero-order valence-electron chi connectivity index (χ0n) is 46.1. The van der Waals surface area contributed by atoms with E-state index in [2.05, 4.69) is 32.6 Å². The molecule has 1 aliphatic rings. The fraction of sp³-hybridized carbons (Fsp3) is 0.966. The van der Waals surface area contributed by atoms with Crippen LogP contribution in [0.5, 0.6) is 0 Å². The molecule has 0 aliphatic carbocycles. The van der Waals surface area contributed by atoms with Crippen molar-refractivity contribution >= 4 is 19.8 Å². The molecular formula is C58H114NO9P. The normalized spacial score (nSPS) is 13.5. The largest absolute Gasteiger partial charge is 0.474 e. The lowest BCUT2D eigenvalue weighted by Gasteiger charge is -2.26. The average molecular weight is 1000 g/mol. The van der Waals surface area contributed by atoms with E-state index in [1.165, 1.54) is 128 Å². The summed E-state index contributed by atoms with van der Waals surface area (Å²) in [5.74, 6) is -0.0804. The van der Waals surface area contributed by atoms with Gasteiger partial charge in [-0.25, -0.2) is 4.57 Å². The fourth-order valence-corrected chi connectivity index (χ4v) is 10.6. The smallest absolute Gasteiger partial charge is 0.462 e. The van der Waals surface area contributed by atoms with Gasteiger partial charge in [0, 0.05) is 25.9 Å². The van der Waals surface area contributed by atoms with Gasteiger partial charge in [0.1, 0.15) is 12.2 Å². The molecule has 10 nitrogen and oxygen atoms in total. The zero-order chi connectivity index (χ0) is 50.0. The minimum Gasteiger partial charge on any atom is -0.462 e. The Kier molecular flexibility index (Phi) is 48.3. The number of nitrogens with zero attached hydrogens (tertiary/aromatic N) is 1. The Morgan fingerprint density at radius 3 is 1.04 bits per heavy atom. The SMILES string of the molecule is CCCCCCCCC(CCCCCCCC)OC(=O)CCCCCCCOP(=O)(OCCCCCCCC(=O)OC(CCCCCCCC)CCCCCCCC)OCCCCN1CCOCC1. The van der Waals surface area contributed by atoms with E-state index in [1.807, 2.05) is 0 Å². The Hall–Kier alpha value is -1.03. The molecule has 0 aromatic rings. The molecule has 0 saturated carbocycles. The third-order valence-corrected chi connectivity index (χ3v) is 15.4. The van der Waals surface area contributed by atoms with Crippen LogP contribution in [0.3, 0.4) is 0 Å². The van der Waals surface area contributed by atoms with Crippen molar-refractivity contribution in [3.05, 3.63) is 0 Å². The van der Waals surface area contributed by atoms with Crippen molar-refractivity contribution < 1.29 is 41.9 Å². The second-order valence-corrected chi connectivity index (χ2v) is 22.3. The maximum absolute atomic E-state index is 13.8. The first-order valence-electron chi connectivity index (χ1n) is 30.1. The minimum atomic E-state index is -3.69. The third-order valence-electron chi connectivity index (χ3n) is 13.9. The van der Waals surface area contributed by atoms with Crippen LogP contribution in [0.1, 0.15) is 297 Å². The summed E-state index contributed by atoms with van der Waals surface area (Å²) >= 11 is 0. The number of phosphoric acid groups is 1. The zero-order valence-corrected chi connectivity index (χ0v) is 47.0. The number of ether oxygens (including phenoxy) is 3. The molecule has 0 radical (unpaired) electrons. The van der Waals surface area contributed by atoms with Crippen molar-refractivity contribution in [1.82, 2.24) is 4.90 Å². The van der Waals surface area contributed by atoms with Gasteiger partial charge in [-0.05, 0) is 96.4 Å². The van der Waals surface area contributed by atoms with Gasteiger partial charge in [0.2, 0.25) is 0 Å². The minimum absolute atomic E-state index is 0.0402. The van der Waals surface area contributed by atoms with E-state index in [-0.39, 0.29) is 24.1 Å². The molecule has 1 rings (SSSR count). The summed E-state index contributed by atoms with van der Waals surface area (Å²) in [6.45, 7) is 14.5. The van der Waals surface area contributed by atoms with Crippen molar-refractivity contribution in [3.8, 4) is 0 Å². The van der Waals surface area contributed by atoms with E-state index in [0.717, 1.165) is 161 Å². The Morgan fingerprint density at radius 1 is 0.406 bits per heavy atom. The third kappa shape index (κ3) is 44.2. The first-order chi connectivity index (χ1) is 33.9. The molecule has 69 heavy (non-hydrogen) atoms. The van der Waals surface area contributed by atoms with Gasteiger partial charge in [-0.1, -0.05) is 195 Å². The highest BCUT2D eigenvalue weighted by atomic mass is 31.2. The Balaban J connectivity index is 2.43. The lowest BCUT2D eigenvalue weighted by molar-refractivity contribution is -0.151. The quantitative estimate of drug-likeness (QED) is 0.0332. The standard InChI is InChI=1S/C58H114NO9P/c1-5-9-13-17-23-31-41-55(42-32-24-18-14-10-6-2)67-57(60)45-35-27-21-29-38-50-64-69(62,66-52-40-37-47-59-48-53-63-54-49-59)65-51-39-30-22-28-36-46-58(61)68-56(43-33-25-19-15-11-7-3)44-34-26-20-16-12-8-4/h55-56H,5-54H2,1-4H3. The first kappa shape index (κ1) is 66.0. The molecule has 0 spiro atoms. The van der Waals surface area contributed by atoms with Gasteiger partial charge in [-0.3, -0.25) is 28.1 Å². The van der Waals surface area contributed by atoms with E-state index in [0.29, 0.717) is 32.7 Å². The number of rotatable bonds is 54. The molecular weight excluding hydrogens is 886 g/mol. The summed E-state index contributed by atoms with van der Waals surface area (Å²) in [5.41, 5.74) is 0. The van der Waals surface area contributed by atoms with Crippen LogP contribution < -0.4 is 0 Å². The van der Waals surface area contributed by atoms with E-state index < -0.39 is 7.82 Å². The molecule has 0 bridgehead atoms. The van der Waals surface area contributed by atoms with Gasteiger partial charge in [-0.2, -0.15) is 0 Å². The number of morpholine rings is 1. The van der Waals surface area contributed by atoms with Crippen LogP contribution in [0.15, 0.2) is 0 Å². The van der Waals surface area contributed by atoms with Crippen molar-refractivity contribution in [2.75, 3.05) is 52.7 Å². The van der Waals surface area contributed by atoms with Gasteiger partial charge in [0.25, 0.3) is 0 Å². The summed E-state index contributed by atoms with van der Waals surface area (Å²) in [6.07, 6.45) is 46.0. The summed E-state index contributed by atoms with van der Waals surface area (Å²) in [5, 5.41) is 0. The molecule has 0 aromatic carbocycles. The summed E-state index contributed by atoms with van der Waals surface area (Å²) in [7, 11) is -3.69. The van der Waals surface area contributed by atoms with Crippen LogP contribution in [0.25, 0.3) is 0 Å².